The van der Waals surface area contributed by atoms with Gasteiger partial charge in [-0.1, -0.05) is 35.9 Å². The second kappa shape index (κ2) is 9.38. The number of urea groups is 1. The Morgan fingerprint density at radius 2 is 1.73 bits per heavy atom. The molecule has 9 nitrogen and oxygen atoms in total. The molecule has 0 unspecified atom stereocenters. The zero-order valence-corrected chi connectivity index (χ0v) is 18.6. The number of amides is 3. The molecule has 176 valence electrons. The number of aliphatic hydroxyl groups is 4. The van der Waals surface area contributed by atoms with Crippen LogP contribution in [0.2, 0.25) is 5.02 Å². The van der Waals surface area contributed by atoms with Crippen molar-refractivity contribution < 1.29 is 34.8 Å². The minimum Gasteiger partial charge on any atom is -0.394 e. The summed E-state index contributed by atoms with van der Waals surface area (Å²) in [6.45, 7) is -0.503. The molecule has 2 saturated heterocycles. The molecule has 10 heteroatoms. The number of ether oxygens (including phenoxy) is 1. The summed E-state index contributed by atoms with van der Waals surface area (Å²) in [6, 6.07) is 11.9. The van der Waals surface area contributed by atoms with Crippen LogP contribution in [0, 0.1) is 0 Å². The molecule has 4 N–H and O–H groups in total. The Balaban J connectivity index is 1.53. The first-order valence-corrected chi connectivity index (χ1v) is 10.8. The van der Waals surface area contributed by atoms with Crippen molar-refractivity contribution in [3.05, 3.63) is 64.2 Å². The van der Waals surface area contributed by atoms with Gasteiger partial charge in [-0.25, -0.2) is 4.79 Å². The van der Waals surface area contributed by atoms with Crippen molar-refractivity contribution in [3.8, 4) is 0 Å². The van der Waals surface area contributed by atoms with Crippen LogP contribution in [0.1, 0.15) is 22.8 Å². The van der Waals surface area contributed by atoms with Crippen LogP contribution in [0.25, 0.3) is 0 Å². The number of benzene rings is 2. The number of likely N-dealkylation sites (N-methyl/N-ethyl adjacent to an activating group) is 1. The minimum atomic E-state index is -1.47. The lowest BCUT2D eigenvalue weighted by Crippen LogP contribution is -2.55. The number of anilines is 1. The van der Waals surface area contributed by atoms with Crippen molar-refractivity contribution in [2.75, 3.05) is 25.1 Å². The van der Waals surface area contributed by atoms with E-state index in [2.05, 4.69) is 0 Å². The number of carbonyl (C=O) groups is 2. The molecule has 0 aromatic heterocycles. The number of hydrogen-bond donors (Lipinski definition) is 4. The highest BCUT2D eigenvalue weighted by atomic mass is 35.5. The lowest BCUT2D eigenvalue weighted by atomic mass is 9.90. The zero-order valence-electron chi connectivity index (χ0n) is 17.8. The minimum absolute atomic E-state index is 0.00164. The quantitative estimate of drug-likeness (QED) is 0.470. The van der Waals surface area contributed by atoms with Crippen LogP contribution < -0.4 is 4.90 Å². The normalized spacial score (nSPS) is 28.0. The van der Waals surface area contributed by atoms with Gasteiger partial charge in [0.1, 0.15) is 37.1 Å². The summed E-state index contributed by atoms with van der Waals surface area (Å²) in [4.78, 5) is 26.4. The number of carbonyl (C=O) groups excluding carboxylic acids is 2. The van der Waals surface area contributed by atoms with E-state index in [1.807, 2.05) is 12.1 Å². The van der Waals surface area contributed by atoms with Crippen LogP contribution in [-0.4, -0.2) is 81.9 Å². The molecule has 0 radical (unpaired) electrons. The van der Waals surface area contributed by atoms with Crippen molar-refractivity contribution in [1.29, 1.82) is 0 Å². The zero-order chi connectivity index (χ0) is 23.9. The molecule has 0 bridgehead atoms. The van der Waals surface area contributed by atoms with Gasteiger partial charge in [-0.3, -0.25) is 14.6 Å². The average Bonchev–Trinajstić information content (AvgIpc) is 3.07. The number of hydrogen-bond acceptors (Lipinski definition) is 7. The molecule has 5 atom stereocenters. The molecule has 2 heterocycles. The van der Waals surface area contributed by atoms with Gasteiger partial charge in [0, 0.05) is 17.8 Å². The molecule has 3 amide bonds. The molecule has 2 fully saturated rings. The summed E-state index contributed by atoms with van der Waals surface area (Å²) in [5.41, 5.74) is 2.80. The maximum atomic E-state index is 12.2. The van der Waals surface area contributed by atoms with Crippen LogP contribution >= 0.6 is 11.6 Å². The predicted molar refractivity (Wildman–Crippen MR) is 119 cm³/mol. The van der Waals surface area contributed by atoms with Crippen LogP contribution in [0.4, 0.5) is 10.5 Å². The van der Waals surface area contributed by atoms with E-state index < -0.39 is 37.1 Å². The third-order valence-corrected chi connectivity index (χ3v) is 6.49. The molecular weight excluding hydrogens is 452 g/mol. The standard InChI is InChI=1S/C23H25ClN2O7/c1-25-18(28)10-26(23(25)32)15-5-2-12(3-6-15)8-14-9-13(4-7-16(14)24)22-21(31)20(30)19(29)17(11-27)33-22/h2-7,9,17,19-22,27,29-31H,8,10-11H2,1H3/t17-,19-,20+,21-,22+/m1/s1. The van der Waals surface area contributed by atoms with E-state index in [4.69, 9.17) is 16.3 Å². The first-order valence-electron chi connectivity index (χ1n) is 10.5. The Morgan fingerprint density at radius 3 is 2.33 bits per heavy atom. The van der Waals surface area contributed by atoms with Gasteiger partial charge < -0.3 is 25.2 Å². The Labute approximate surface area is 195 Å². The number of halogens is 1. The molecule has 0 saturated carbocycles. The van der Waals surface area contributed by atoms with Crippen molar-refractivity contribution in [2.24, 2.45) is 0 Å². The molecule has 33 heavy (non-hydrogen) atoms. The number of aliphatic hydroxyl groups excluding tert-OH is 4. The average molecular weight is 477 g/mol. The number of rotatable bonds is 5. The van der Waals surface area contributed by atoms with Gasteiger partial charge in [-0.2, -0.15) is 0 Å². The lowest BCUT2D eigenvalue weighted by molar-refractivity contribution is -0.231. The third-order valence-electron chi connectivity index (χ3n) is 6.12. The fraction of sp³-hybridized carbons (Fsp3) is 0.391. The van der Waals surface area contributed by atoms with Crippen LogP contribution in [0.3, 0.4) is 0 Å². The summed E-state index contributed by atoms with van der Waals surface area (Å²) in [7, 11) is 1.45. The van der Waals surface area contributed by atoms with E-state index >= 15 is 0 Å². The Hall–Kier alpha value is -2.53. The smallest absolute Gasteiger partial charge is 0.331 e. The first kappa shape index (κ1) is 23.6. The fourth-order valence-electron chi connectivity index (χ4n) is 4.10. The summed E-state index contributed by atoms with van der Waals surface area (Å²) in [5.74, 6) is -0.263. The van der Waals surface area contributed by atoms with Gasteiger partial charge in [0.15, 0.2) is 0 Å². The molecule has 0 spiro atoms. The van der Waals surface area contributed by atoms with Gasteiger partial charge in [0.2, 0.25) is 5.91 Å². The van der Waals surface area contributed by atoms with Gasteiger partial charge in [0.05, 0.1) is 6.61 Å². The van der Waals surface area contributed by atoms with E-state index in [1.165, 1.54) is 11.9 Å². The first-order chi connectivity index (χ1) is 15.7. The van der Waals surface area contributed by atoms with E-state index in [0.717, 1.165) is 16.0 Å². The van der Waals surface area contributed by atoms with Crippen LogP contribution in [0.5, 0.6) is 0 Å². The van der Waals surface area contributed by atoms with E-state index in [-0.39, 0.29) is 18.5 Å². The van der Waals surface area contributed by atoms with Gasteiger partial charge >= 0.3 is 6.03 Å². The molecule has 2 aliphatic rings. The van der Waals surface area contributed by atoms with Crippen molar-refractivity contribution >= 4 is 29.2 Å². The summed E-state index contributed by atoms with van der Waals surface area (Å²) < 4.78 is 5.64. The largest absolute Gasteiger partial charge is 0.394 e. The molecule has 2 aliphatic heterocycles. The molecule has 0 aliphatic carbocycles. The van der Waals surface area contributed by atoms with Gasteiger partial charge in [-0.15, -0.1) is 0 Å². The molecule has 2 aromatic rings. The second-order valence-corrected chi connectivity index (χ2v) is 8.67. The number of imide groups is 1. The van der Waals surface area contributed by atoms with E-state index in [1.54, 1.807) is 30.3 Å². The molecule has 2 aromatic carbocycles. The summed E-state index contributed by atoms with van der Waals surface area (Å²) in [6.07, 6.45) is -5.78. The van der Waals surface area contributed by atoms with Gasteiger partial charge in [-0.05, 0) is 41.3 Å². The highest BCUT2D eigenvalue weighted by molar-refractivity contribution is 6.31. The predicted octanol–water partition coefficient (Wildman–Crippen LogP) is 0.844. The Bertz CT molecular complexity index is 1050. The molecule has 4 rings (SSSR count). The van der Waals surface area contributed by atoms with Crippen LogP contribution in [-0.2, 0) is 16.0 Å². The maximum Gasteiger partial charge on any atom is 0.331 e. The highest BCUT2D eigenvalue weighted by Gasteiger charge is 2.44. The Kier molecular flexibility index (Phi) is 6.71. The topological polar surface area (TPSA) is 131 Å². The monoisotopic (exact) mass is 476 g/mol. The second-order valence-electron chi connectivity index (χ2n) is 8.27. The number of nitrogens with zero attached hydrogens (tertiary/aromatic N) is 2. The van der Waals surface area contributed by atoms with E-state index in [9.17, 15) is 30.0 Å². The van der Waals surface area contributed by atoms with Crippen molar-refractivity contribution in [2.45, 2.75) is 36.9 Å². The third kappa shape index (κ3) is 4.48. The molecular formula is C23H25ClN2O7. The fourth-order valence-corrected chi connectivity index (χ4v) is 4.28. The SMILES string of the molecule is CN1C(=O)CN(c2ccc(Cc3cc([C@@H]4O[C@H](CO)[C@@H](O)[C@H](O)[C@H]4O)ccc3Cl)cc2)C1=O. The Morgan fingerprint density at radius 1 is 1.03 bits per heavy atom. The highest BCUT2D eigenvalue weighted by Crippen LogP contribution is 2.34. The van der Waals surface area contributed by atoms with Gasteiger partial charge in [0.25, 0.3) is 0 Å². The van der Waals surface area contributed by atoms with Crippen LogP contribution in [0.15, 0.2) is 42.5 Å². The van der Waals surface area contributed by atoms with Crippen molar-refractivity contribution in [1.82, 2.24) is 4.90 Å². The van der Waals surface area contributed by atoms with E-state index in [0.29, 0.717) is 22.7 Å². The summed E-state index contributed by atoms with van der Waals surface area (Å²) >= 11 is 6.39. The maximum absolute atomic E-state index is 12.2. The lowest BCUT2D eigenvalue weighted by Gasteiger charge is -2.40. The summed E-state index contributed by atoms with van der Waals surface area (Å²) in [5, 5.41) is 40.4. The van der Waals surface area contributed by atoms with Crippen molar-refractivity contribution in [3.63, 3.8) is 0 Å².